The molecule has 0 saturated heterocycles. The van der Waals surface area contributed by atoms with Crippen molar-refractivity contribution in [3.63, 3.8) is 0 Å². The molecule has 1 aromatic heterocycles. The first-order valence-corrected chi connectivity index (χ1v) is 7.50. The second kappa shape index (κ2) is 7.41. The fraction of sp³-hybridized carbons (Fsp3) is 0.312. The molecule has 0 aliphatic carbocycles. The van der Waals surface area contributed by atoms with Crippen molar-refractivity contribution in [2.24, 2.45) is 0 Å². The highest BCUT2D eigenvalue weighted by molar-refractivity contribution is 9.10. The summed E-state index contributed by atoms with van der Waals surface area (Å²) in [7, 11) is 1.68. The van der Waals surface area contributed by atoms with Gasteiger partial charge in [-0.05, 0) is 42.8 Å². The van der Waals surface area contributed by atoms with Gasteiger partial charge in [0.1, 0.15) is 5.75 Å². The summed E-state index contributed by atoms with van der Waals surface area (Å²) in [6, 6.07) is 12.4. The van der Waals surface area contributed by atoms with E-state index in [2.05, 4.69) is 57.4 Å². The summed E-state index contributed by atoms with van der Waals surface area (Å²) in [5.41, 5.74) is 2.23. The van der Waals surface area contributed by atoms with E-state index >= 15 is 0 Å². The molecule has 0 aliphatic heterocycles. The number of likely N-dealkylation sites (N-methyl/N-ethyl adjacent to an activating group) is 1. The van der Waals surface area contributed by atoms with Crippen LogP contribution in [0.3, 0.4) is 0 Å². The van der Waals surface area contributed by atoms with Crippen molar-refractivity contribution >= 4 is 15.9 Å². The summed E-state index contributed by atoms with van der Waals surface area (Å²) in [6.45, 7) is 2.99. The molecule has 0 aliphatic rings. The molecule has 1 unspecified atom stereocenters. The lowest BCUT2D eigenvalue weighted by Crippen LogP contribution is -2.24. The average Bonchev–Trinajstić information content (AvgIpc) is 2.49. The third kappa shape index (κ3) is 3.81. The Morgan fingerprint density at radius 1 is 1.25 bits per heavy atom. The number of ether oxygens (including phenoxy) is 1. The fourth-order valence-corrected chi connectivity index (χ4v) is 2.47. The maximum Gasteiger partial charge on any atom is 0.141 e. The van der Waals surface area contributed by atoms with Crippen molar-refractivity contribution < 1.29 is 4.74 Å². The Morgan fingerprint density at radius 2 is 2.00 bits per heavy atom. The summed E-state index contributed by atoms with van der Waals surface area (Å²) in [5.74, 6) is 0.829. The van der Waals surface area contributed by atoms with Gasteiger partial charge in [0.25, 0.3) is 0 Å². The first-order valence-electron chi connectivity index (χ1n) is 6.71. The summed E-state index contributed by atoms with van der Waals surface area (Å²) < 4.78 is 6.51. The number of hydrogen-bond acceptors (Lipinski definition) is 3. The van der Waals surface area contributed by atoms with E-state index in [0.29, 0.717) is 0 Å². The van der Waals surface area contributed by atoms with Gasteiger partial charge in [-0.25, -0.2) is 0 Å². The molecule has 4 heteroatoms. The second-order valence-corrected chi connectivity index (χ2v) is 5.45. The summed E-state index contributed by atoms with van der Waals surface area (Å²) in [6.07, 6.45) is 2.69. The van der Waals surface area contributed by atoms with Gasteiger partial charge in [-0.2, -0.15) is 0 Å². The van der Waals surface area contributed by atoms with Crippen LogP contribution in [0, 0.1) is 0 Å². The topological polar surface area (TPSA) is 34.2 Å². The Labute approximate surface area is 128 Å². The Hall–Kier alpha value is -1.39. The smallest absolute Gasteiger partial charge is 0.141 e. The van der Waals surface area contributed by atoms with Crippen LogP contribution < -0.4 is 10.1 Å². The van der Waals surface area contributed by atoms with Crippen LogP contribution in [-0.4, -0.2) is 18.6 Å². The predicted octanol–water partition coefficient (Wildman–Crippen LogP) is 3.75. The van der Waals surface area contributed by atoms with Gasteiger partial charge in [0, 0.05) is 10.7 Å². The molecule has 1 heterocycles. The molecular weight excluding hydrogens is 316 g/mol. The Balaban J connectivity index is 2.24. The standard InChI is InChI=1S/C16H19BrN2O/c1-3-18-14(11-12-6-8-13(17)9-7-12)16-15(20-2)5-4-10-19-16/h4-10,14,18H,3,11H2,1-2H3. The first-order chi connectivity index (χ1) is 9.74. The molecule has 0 saturated carbocycles. The van der Waals surface area contributed by atoms with Crippen LogP contribution in [0.2, 0.25) is 0 Å². The zero-order valence-corrected chi connectivity index (χ0v) is 13.4. The summed E-state index contributed by atoms with van der Waals surface area (Å²) in [4.78, 5) is 4.49. The Bertz CT molecular complexity index is 542. The number of methoxy groups -OCH3 is 1. The number of nitrogens with one attached hydrogen (secondary N) is 1. The highest BCUT2D eigenvalue weighted by Crippen LogP contribution is 2.25. The zero-order valence-electron chi connectivity index (χ0n) is 11.8. The molecule has 3 nitrogen and oxygen atoms in total. The molecule has 1 N–H and O–H groups in total. The number of nitrogens with zero attached hydrogens (tertiary/aromatic N) is 1. The van der Waals surface area contributed by atoms with Crippen LogP contribution in [-0.2, 0) is 6.42 Å². The van der Waals surface area contributed by atoms with Gasteiger partial charge in [-0.3, -0.25) is 4.98 Å². The van der Waals surface area contributed by atoms with E-state index in [0.717, 1.165) is 28.9 Å². The van der Waals surface area contributed by atoms with Gasteiger partial charge in [0.15, 0.2) is 0 Å². The van der Waals surface area contributed by atoms with Crippen molar-refractivity contribution in [3.8, 4) is 5.75 Å². The molecule has 0 radical (unpaired) electrons. The van der Waals surface area contributed by atoms with Crippen LogP contribution in [0.4, 0.5) is 0 Å². The quantitative estimate of drug-likeness (QED) is 0.873. The predicted molar refractivity (Wildman–Crippen MR) is 85.1 cm³/mol. The molecule has 0 fully saturated rings. The number of hydrogen-bond donors (Lipinski definition) is 1. The number of rotatable bonds is 6. The van der Waals surface area contributed by atoms with Gasteiger partial charge < -0.3 is 10.1 Å². The molecule has 2 aromatic rings. The van der Waals surface area contributed by atoms with E-state index in [-0.39, 0.29) is 6.04 Å². The number of aromatic nitrogens is 1. The molecule has 1 atom stereocenters. The SMILES string of the molecule is CCNC(Cc1ccc(Br)cc1)c1ncccc1OC. The molecule has 2 rings (SSSR count). The first kappa shape index (κ1) is 15.0. The minimum absolute atomic E-state index is 0.150. The zero-order chi connectivity index (χ0) is 14.4. The summed E-state index contributed by atoms with van der Waals surface area (Å²) >= 11 is 3.46. The monoisotopic (exact) mass is 334 g/mol. The van der Waals surface area contributed by atoms with Crippen molar-refractivity contribution in [2.45, 2.75) is 19.4 Å². The van der Waals surface area contributed by atoms with E-state index in [1.807, 2.05) is 18.3 Å². The van der Waals surface area contributed by atoms with Crippen molar-refractivity contribution in [3.05, 3.63) is 58.3 Å². The lowest BCUT2D eigenvalue weighted by Gasteiger charge is -2.19. The van der Waals surface area contributed by atoms with Gasteiger partial charge in [0.05, 0.1) is 18.8 Å². The van der Waals surface area contributed by atoms with Crippen LogP contribution >= 0.6 is 15.9 Å². The van der Waals surface area contributed by atoms with Gasteiger partial charge >= 0.3 is 0 Å². The van der Waals surface area contributed by atoms with E-state index in [1.165, 1.54) is 5.56 Å². The Kier molecular flexibility index (Phi) is 5.56. The van der Waals surface area contributed by atoms with E-state index < -0.39 is 0 Å². The van der Waals surface area contributed by atoms with Crippen LogP contribution in [0.1, 0.15) is 24.2 Å². The number of pyridine rings is 1. The van der Waals surface area contributed by atoms with E-state index in [1.54, 1.807) is 7.11 Å². The van der Waals surface area contributed by atoms with E-state index in [4.69, 9.17) is 4.74 Å². The van der Waals surface area contributed by atoms with Gasteiger partial charge in [-0.15, -0.1) is 0 Å². The molecule has 0 bridgehead atoms. The minimum atomic E-state index is 0.150. The fourth-order valence-electron chi connectivity index (χ4n) is 2.21. The second-order valence-electron chi connectivity index (χ2n) is 4.53. The maximum absolute atomic E-state index is 5.42. The molecular formula is C16H19BrN2O. The third-order valence-electron chi connectivity index (χ3n) is 3.15. The van der Waals surface area contributed by atoms with Crippen molar-refractivity contribution in [2.75, 3.05) is 13.7 Å². The largest absolute Gasteiger partial charge is 0.495 e. The number of halogens is 1. The summed E-state index contributed by atoms with van der Waals surface area (Å²) in [5, 5.41) is 3.48. The number of benzene rings is 1. The van der Waals surface area contributed by atoms with Crippen LogP contribution in [0.5, 0.6) is 5.75 Å². The highest BCUT2D eigenvalue weighted by atomic mass is 79.9. The molecule has 0 spiro atoms. The molecule has 0 amide bonds. The lowest BCUT2D eigenvalue weighted by atomic mass is 10.0. The van der Waals surface area contributed by atoms with Crippen LogP contribution in [0.25, 0.3) is 0 Å². The van der Waals surface area contributed by atoms with Crippen molar-refractivity contribution in [1.82, 2.24) is 10.3 Å². The molecule has 20 heavy (non-hydrogen) atoms. The van der Waals surface area contributed by atoms with Gasteiger partial charge in [-0.1, -0.05) is 35.0 Å². The molecule has 106 valence electrons. The Morgan fingerprint density at radius 3 is 2.65 bits per heavy atom. The average molecular weight is 335 g/mol. The minimum Gasteiger partial charge on any atom is -0.495 e. The third-order valence-corrected chi connectivity index (χ3v) is 3.68. The normalized spacial score (nSPS) is 12.2. The van der Waals surface area contributed by atoms with Crippen molar-refractivity contribution in [1.29, 1.82) is 0 Å². The highest BCUT2D eigenvalue weighted by Gasteiger charge is 2.17. The lowest BCUT2D eigenvalue weighted by molar-refractivity contribution is 0.394. The maximum atomic E-state index is 5.42. The van der Waals surface area contributed by atoms with Crippen LogP contribution in [0.15, 0.2) is 47.1 Å². The van der Waals surface area contributed by atoms with E-state index in [9.17, 15) is 0 Å². The van der Waals surface area contributed by atoms with Gasteiger partial charge in [0.2, 0.25) is 0 Å². The molecule has 1 aromatic carbocycles.